The number of amides is 2. The molecule has 1 aromatic rings. The number of rotatable bonds is 5. The Morgan fingerprint density at radius 1 is 1.05 bits per heavy atom. The molecule has 1 rings (SSSR count). The summed E-state index contributed by atoms with van der Waals surface area (Å²) in [7, 11) is 3.35. The van der Waals surface area contributed by atoms with Gasteiger partial charge in [0.15, 0.2) is 0 Å². The van der Waals surface area contributed by atoms with Crippen LogP contribution in [0.1, 0.15) is 12.5 Å². The van der Waals surface area contributed by atoms with Crippen molar-refractivity contribution in [2.45, 2.75) is 13.5 Å². The zero-order valence-corrected chi connectivity index (χ0v) is 11.6. The maximum Gasteiger partial charge on any atom is 0.409 e. The monoisotopic (exact) mass is 264 g/mol. The van der Waals surface area contributed by atoms with Crippen molar-refractivity contribution < 1.29 is 14.3 Å². The van der Waals surface area contributed by atoms with E-state index in [1.807, 2.05) is 30.3 Å². The van der Waals surface area contributed by atoms with Crippen molar-refractivity contribution in [3.8, 4) is 0 Å². The van der Waals surface area contributed by atoms with Gasteiger partial charge in [-0.05, 0) is 5.56 Å². The first-order valence-corrected chi connectivity index (χ1v) is 6.14. The predicted octanol–water partition coefficient (Wildman–Crippen LogP) is 1.73. The number of hydrogen-bond acceptors (Lipinski definition) is 3. The summed E-state index contributed by atoms with van der Waals surface area (Å²) in [6, 6.07) is 9.51. The van der Waals surface area contributed by atoms with Crippen molar-refractivity contribution in [3.05, 3.63) is 35.9 Å². The number of hydrogen-bond donors (Lipinski definition) is 0. The highest BCUT2D eigenvalue weighted by Crippen LogP contribution is 2.02. The van der Waals surface area contributed by atoms with Gasteiger partial charge in [0.25, 0.3) is 0 Å². The second kappa shape index (κ2) is 7.41. The number of carbonyl (C=O) groups excluding carboxylic acids is 2. The Hall–Kier alpha value is -2.04. The van der Waals surface area contributed by atoms with E-state index in [1.165, 1.54) is 11.8 Å². The zero-order chi connectivity index (χ0) is 14.3. The summed E-state index contributed by atoms with van der Waals surface area (Å²) in [5.74, 6) is -0.0222. The van der Waals surface area contributed by atoms with Crippen molar-refractivity contribution in [2.24, 2.45) is 0 Å². The molecule has 0 spiro atoms. The minimum atomic E-state index is -0.388. The normalized spacial score (nSPS) is 9.84. The lowest BCUT2D eigenvalue weighted by Gasteiger charge is -2.21. The molecule has 19 heavy (non-hydrogen) atoms. The second-order valence-corrected chi connectivity index (χ2v) is 4.40. The van der Waals surface area contributed by atoms with Crippen LogP contribution in [0.15, 0.2) is 30.3 Å². The Morgan fingerprint density at radius 3 is 2.21 bits per heavy atom. The highest BCUT2D eigenvalue weighted by atomic mass is 16.6. The number of benzene rings is 1. The van der Waals surface area contributed by atoms with Crippen LogP contribution in [0.4, 0.5) is 4.79 Å². The predicted molar refractivity (Wildman–Crippen MR) is 72.6 cm³/mol. The molecule has 0 radical (unpaired) electrons. The molecule has 0 bridgehead atoms. The maximum absolute atomic E-state index is 11.7. The third-order valence-electron chi connectivity index (χ3n) is 2.83. The fourth-order valence-corrected chi connectivity index (χ4v) is 1.38. The first-order chi connectivity index (χ1) is 9.00. The van der Waals surface area contributed by atoms with E-state index < -0.39 is 0 Å². The topological polar surface area (TPSA) is 49.9 Å². The fraction of sp³-hybridized carbons (Fsp3) is 0.429. The van der Waals surface area contributed by atoms with E-state index >= 15 is 0 Å². The van der Waals surface area contributed by atoms with Crippen LogP contribution < -0.4 is 0 Å². The van der Waals surface area contributed by atoms with Gasteiger partial charge in [0, 0.05) is 34.1 Å². The Bertz CT molecular complexity index is 420. The van der Waals surface area contributed by atoms with Gasteiger partial charge in [-0.3, -0.25) is 4.79 Å². The molecule has 0 N–H and O–H groups in total. The Labute approximate surface area is 113 Å². The molecule has 0 atom stereocenters. The first-order valence-electron chi connectivity index (χ1n) is 6.14. The molecule has 0 saturated heterocycles. The molecular formula is C14H20N2O3. The molecular weight excluding hydrogens is 244 g/mol. The van der Waals surface area contributed by atoms with Gasteiger partial charge in [-0.15, -0.1) is 0 Å². The summed E-state index contributed by atoms with van der Waals surface area (Å²) in [4.78, 5) is 25.7. The molecule has 0 unspecified atom stereocenters. The molecule has 0 fully saturated rings. The third kappa shape index (κ3) is 5.42. The number of nitrogens with zero attached hydrogens (tertiary/aromatic N) is 2. The van der Waals surface area contributed by atoms with Gasteiger partial charge < -0.3 is 14.5 Å². The summed E-state index contributed by atoms with van der Waals surface area (Å²) < 4.78 is 5.17. The van der Waals surface area contributed by atoms with E-state index in [4.69, 9.17) is 4.74 Å². The van der Waals surface area contributed by atoms with Crippen LogP contribution in [-0.4, -0.2) is 49.0 Å². The Balaban J connectivity index is 2.31. The minimum absolute atomic E-state index is 0.0222. The molecule has 1 aromatic carbocycles. The highest BCUT2D eigenvalue weighted by molar-refractivity contribution is 5.73. The van der Waals surface area contributed by atoms with Crippen molar-refractivity contribution in [3.63, 3.8) is 0 Å². The number of ether oxygens (including phenoxy) is 1. The summed E-state index contributed by atoms with van der Waals surface area (Å²) in [5, 5.41) is 0. The minimum Gasteiger partial charge on any atom is -0.445 e. The molecule has 0 aliphatic carbocycles. The van der Waals surface area contributed by atoms with Gasteiger partial charge in [-0.1, -0.05) is 30.3 Å². The van der Waals surface area contributed by atoms with Crippen molar-refractivity contribution in [2.75, 3.05) is 27.2 Å². The molecule has 0 aliphatic heterocycles. The SMILES string of the molecule is CC(=O)N(C)CCN(C)C(=O)OCc1ccccc1. The maximum atomic E-state index is 11.7. The fourth-order valence-electron chi connectivity index (χ4n) is 1.38. The summed E-state index contributed by atoms with van der Waals surface area (Å²) in [6.07, 6.45) is -0.388. The lowest BCUT2D eigenvalue weighted by atomic mass is 10.2. The van der Waals surface area contributed by atoms with Crippen LogP contribution in [0, 0.1) is 0 Å². The van der Waals surface area contributed by atoms with Crippen LogP contribution in [0.5, 0.6) is 0 Å². The van der Waals surface area contributed by atoms with E-state index in [9.17, 15) is 9.59 Å². The molecule has 0 aliphatic rings. The summed E-state index contributed by atoms with van der Waals surface area (Å²) >= 11 is 0. The summed E-state index contributed by atoms with van der Waals surface area (Å²) in [5.41, 5.74) is 0.949. The van der Waals surface area contributed by atoms with E-state index in [1.54, 1.807) is 19.0 Å². The molecule has 5 heteroatoms. The lowest BCUT2D eigenvalue weighted by Crippen LogP contribution is -2.36. The molecule has 0 heterocycles. The van der Waals surface area contributed by atoms with Gasteiger partial charge in [0.1, 0.15) is 6.61 Å². The van der Waals surface area contributed by atoms with E-state index in [0.717, 1.165) is 5.56 Å². The first kappa shape index (κ1) is 15.0. The largest absolute Gasteiger partial charge is 0.445 e. The van der Waals surface area contributed by atoms with Gasteiger partial charge in [-0.25, -0.2) is 4.79 Å². The van der Waals surface area contributed by atoms with Crippen LogP contribution in [0.2, 0.25) is 0 Å². The third-order valence-corrected chi connectivity index (χ3v) is 2.83. The highest BCUT2D eigenvalue weighted by Gasteiger charge is 2.11. The van der Waals surface area contributed by atoms with Crippen LogP contribution >= 0.6 is 0 Å². The second-order valence-electron chi connectivity index (χ2n) is 4.40. The smallest absolute Gasteiger partial charge is 0.409 e. The van der Waals surface area contributed by atoms with Gasteiger partial charge >= 0.3 is 6.09 Å². The van der Waals surface area contributed by atoms with Crippen LogP contribution in [0.25, 0.3) is 0 Å². The Morgan fingerprint density at radius 2 is 1.63 bits per heavy atom. The zero-order valence-electron chi connectivity index (χ0n) is 11.6. The van der Waals surface area contributed by atoms with Crippen molar-refractivity contribution >= 4 is 12.0 Å². The quantitative estimate of drug-likeness (QED) is 0.814. The van der Waals surface area contributed by atoms with E-state index in [0.29, 0.717) is 13.1 Å². The van der Waals surface area contributed by atoms with Crippen molar-refractivity contribution in [1.29, 1.82) is 0 Å². The average molecular weight is 264 g/mol. The summed E-state index contributed by atoms with van der Waals surface area (Å²) in [6.45, 7) is 2.69. The molecule has 0 saturated carbocycles. The molecule has 0 aromatic heterocycles. The van der Waals surface area contributed by atoms with Crippen molar-refractivity contribution in [1.82, 2.24) is 9.80 Å². The lowest BCUT2D eigenvalue weighted by molar-refractivity contribution is -0.127. The van der Waals surface area contributed by atoms with Gasteiger partial charge in [0.05, 0.1) is 0 Å². The van der Waals surface area contributed by atoms with Crippen LogP contribution in [-0.2, 0) is 16.1 Å². The number of likely N-dealkylation sites (N-methyl/N-ethyl adjacent to an activating group) is 2. The number of carbonyl (C=O) groups is 2. The molecule has 104 valence electrons. The van der Waals surface area contributed by atoms with Crippen LogP contribution in [0.3, 0.4) is 0 Å². The molecule has 2 amide bonds. The Kier molecular flexibility index (Phi) is 5.85. The van der Waals surface area contributed by atoms with Gasteiger partial charge in [-0.2, -0.15) is 0 Å². The van der Waals surface area contributed by atoms with E-state index in [-0.39, 0.29) is 18.6 Å². The molecule has 5 nitrogen and oxygen atoms in total. The average Bonchev–Trinajstić information content (AvgIpc) is 2.42. The van der Waals surface area contributed by atoms with Gasteiger partial charge in [0.2, 0.25) is 5.91 Å². The van der Waals surface area contributed by atoms with E-state index in [2.05, 4.69) is 0 Å². The standard InChI is InChI=1S/C14H20N2O3/c1-12(17)15(2)9-10-16(3)14(18)19-11-13-7-5-4-6-8-13/h4-8H,9-11H2,1-3H3.